The smallest absolute Gasteiger partial charge is 0.358 e. The number of para-hydroxylation sites is 1. The SMILES string of the molecule is CC(C(=O)O)n1nnc(C(=O)O)c1COc1ccccc1. The third-order valence-corrected chi connectivity index (χ3v) is 2.84. The molecule has 0 spiro atoms. The Kier molecular flexibility index (Phi) is 4.17. The van der Waals surface area contributed by atoms with Gasteiger partial charge in [-0.15, -0.1) is 5.10 Å². The molecule has 2 N–H and O–H groups in total. The number of hydrogen-bond donors (Lipinski definition) is 2. The molecule has 1 atom stereocenters. The number of aromatic nitrogens is 3. The van der Waals surface area contributed by atoms with Crippen LogP contribution in [0.1, 0.15) is 29.1 Å². The van der Waals surface area contributed by atoms with E-state index in [4.69, 9.17) is 14.9 Å². The molecule has 1 aromatic carbocycles. The minimum absolute atomic E-state index is 0.0984. The van der Waals surface area contributed by atoms with Gasteiger partial charge in [-0.3, -0.25) is 0 Å². The van der Waals surface area contributed by atoms with Gasteiger partial charge in [0.05, 0.1) is 0 Å². The van der Waals surface area contributed by atoms with Crippen LogP contribution in [0.2, 0.25) is 0 Å². The average Bonchev–Trinajstić information content (AvgIpc) is 2.89. The molecule has 0 aliphatic heterocycles. The largest absolute Gasteiger partial charge is 0.487 e. The third-order valence-electron chi connectivity index (χ3n) is 2.84. The lowest BCUT2D eigenvalue weighted by Gasteiger charge is -2.11. The zero-order valence-corrected chi connectivity index (χ0v) is 11.1. The number of aliphatic carboxylic acids is 1. The van der Waals surface area contributed by atoms with E-state index in [2.05, 4.69) is 10.3 Å². The van der Waals surface area contributed by atoms with Crippen molar-refractivity contribution < 1.29 is 24.5 Å². The van der Waals surface area contributed by atoms with Gasteiger partial charge in [0.25, 0.3) is 0 Å². The van der Waals surface area contributed by atoms with Gasteiger partial charge in [0.15, 0.2) is 5.69 Å². The fraction of sp³-hybridized carbons (Fsp3) is 0.231. The van der Waals surface area contributed by atoms with Crippen molar-refractivity contribution in [2.24, 2.45) is 0 Å². The highest BCUT2D eigenvalue weighted by atomic mass is 16.5. The van der Waals surface area contributed by atoms with Crippen LogP contribution in [-0.4, -0.2) is 37.1 Å². The summed E-state index contributed by atoms with van der Waals surface area (Å²) in [6, 6.07) is 7.71. The first-order chi connectivity index (χ1) is 10.0. The van der Waals surface area contributed by atoms with E-state index >= 15 is 0 Å². The fourth-order valence-electron chi connectivity index (χ4n) is 1.70. The quantitative estimate of drug-likeness (QED) is 0.821. The summed E-state index contributed by atoms with van der Waals surface area (Å²) >= 11 is 0. The van der Waals surface area contributed by atoms with Gasteiger partial charge in [0, 0.05) is 0 Å². The van der Waals surface area contributed by atoms with Crippen LogP contribution in [0.15, 0.2) is 30.3 Å². The lowest BCUT2D eigenvalue weighted by molar-refractivity contribution is -0.140. The Morgan fingerprint density at radius 2 is 1.95 bits per heavy atom. The molecule has 1 heterocycles. The maximum atomic E-state index is 11.1. The summed E-state index contributed by atoms with van der Waals surface area (Å²) in [7, 11) is 0. The number of aromatic carboxylic acids is 1. The molecular formula is C13H13N3O5. The van der Waals surface area contributed by atoms with Crippen molar-refractivity contribution in [1.29, 1.82) is 0 Å². The number of ether oxygens (including phenoxy) is 1. The van der Waals surface area contributed by atoms with Crippen molar-refractivity contribution in [2.45, 2.75) is 19.6 Å². The monoisotopic (exact) mass is 291 g/mol. The molecular weight excluding hydrogens is 278 g/mol. The third kappa shape index (κ3) is 3.16. The van der Waals surface area contributed by atoms with Crippen LogP contribution in [0.5, 0.6) is 5.75 Å². The topological polar surface area (TPSA) is 115 Å². The minimum Gasteiger partial charge on any atom is -0.487 e. The Labute approximate surface area is 119 Å². The lowest BCUT2D eigenvalue weighted by atomic mass is 10.3. The molecule has 21 heavy (non-hydrogen) atoms. The molecule has 1 aromatic heterocycles. The van der Waals surface area contributed by atoms with Crippen molar-refractivity contribution >= 4 is 11.9 Å². The number of carbonyl (C=O) groups is 2. The summed E-state index contributed by atoms with van der Waals surface area (Å²) in [6.45, 7) is 1.24. The standard InChI is InChI=1S/C13H13N3O5/c1-8(12(17)18)16-10(11(13(19)20)14-15-16)7-21-9-5-3-2-4-6-9/h2-6,8H,7H2,1H3,(H,17,18)(H,19,20). The van der Waals surface area contributed by atoms with E-state index in [0.29, 0.717) is 5.75 Å². The van der Waals surface area contributed by atoms with E-state index in [1.807, 2.05) is 6.07 Å². The predicted octanol–water partition coefficient (Wildman–Crippen LogP) is 1.20. The fourth-order valence-corrected chi connectivity index (χ4v) is 1.70. The van der Waals surface area contributed by atoms with Crippen LogP contribution in [0, 0.1) is 0 Å². The first kappa shape index (κ1) is 14.5. The van der Waals surface area contributed by atoms with Crippen molar-refractivity contribution in [3.8, 4) is 5.75 Å². The molecule has 2 aromatic rings. The Bertz CT molecular complexity index is 653. The lowest BCUT2D eigenvalue weighted by Crippen LogP contribution is -2.21. The highest BCUT2D eigenvalue weighted by Gasteiger charge is 2.25. The van der Waals surface area contributed by atoms with Crippen molar-refractivity contribution in [1.82, 2.24) is 15.0 Å². The number of nitrogens with zero attached hydrogens (tertiary/aromatic N) is 3. The summed E-state index contributed by atoms with van der Waals surface area (Å²) in [5.41, 5.74) is -0.222. The highest BCUT2D eigenvalue weighted by Crippen LogP contribution is 2.16. The van der Waals surface area contributed by atoms with Gasteiger partial charge in [-0.25, -0.2) is 14.3 Å². The normalized spacial score (nSPS) is 11.9. The molecule has 0 saturated heterocycles. The number of benzene rings is 1. The van der Waals surface area contributed by atoms with Crippen LogP contribution in [0.4, 0.5) is 0 Å². The van der Waals surface area contributed by atoms with Gasteiger partial charge in [-0.05, 0) is 19.1 Å². The van der Waals surface area contributed by atoms with Crippen molar-refractivity contribution in [2.75, 3.05) is 0 Å². The van der Waals surface area contributed by atoms with E-state index < -0.39 is 18.0 Å². The molecule has 1 unspecified atom stereocenters. The molecule has 8 nitrogen and oxygen atoms in total. The average molecular weight is 291 g/mol. The van der Waals surface area contributed by atoms with Crippen molar-refractivity contribution in [3.05, 3.63) is 41.7 Å². The van der Waals surface area contributed by atoms with Gasteiger partial charge in [0.1, 0.15) is 24.1 Å². The van der Waals surface area contributed by atoms with E-state index in [-0.39, 0.29) is 18.0 Å². The first-order valence-corrected chi connectivity index (χ1v) is 6.08. The number of hydrogen-bond acceptors (Lipinski definition) is 5. The van der Waals surface area contributed by atoms with Gasteiger partial charge < -0.3 is 14.9 Å². The minimum atomic E-state index is -1.29. The van der Waals surface area contributed by atoms with E-state index in [1.54, 1.807) is 24.3 Å². The Balaban J connectivity index is 2.29. The molecule has 110 valence electrons. The van der Waals surface area contributed by atoms with E-state index in [9.17, 15) is 9.59 Å². The Hall–Kier alpha value is -2.90. The molecule has 8 heteroatoms. The Morgan fingerprint density at radius 1 is 1.29 bits per heavy atom. The first-order valence-electron chi connectivity index (χ1n) is 6.08. The summed E-state index contributed by atoms with van der Waals surface area (Å²) in [5, 5.41) is 25.2. The van der Waals surface area contributed by atoms with Gasteiger partial charge in [-0.1, -0.05) is 23.4 Å². The maximum Gasteiger partial charge on any atom is 0.358 e. The maximum absolute atomic E-state index is 11.1. The zero-order chi connectivity index (χ0) is 15.4. The van der Waals surface area contributed by atoms with Gasteiger partial charge in [-0.2, -0.15) is 0 Å². The van der Waals surface area contributed by atoms with E-state index in [1.165, 1.54) is 6.92 Å². The molecule has 0 aliphatic carbocycles. The summed E-state index contributed by atoms with van der Waals surface area (Å²) in [6.07, 6.45) is 0. The molecule has 0 radical (unpaired) electrons. The molecule has 0 bridgehead atoms. The van der Waals surface area contributed by atoms with Gasteiger partial charge >= 0.3 is 11.9 Å². The second-order valence-corrected chi connectivity index (χ2v) is 4.25. The number of carboxylic acid groups (broad SMARTS) is 2. The summed E-state index contributed by atoms with van der Waals surface area (Å²) in [5.74, 6) is -1.90. The molecule has 0 aliphatic rings. The van der Waals surface area contributed by atoms with Crippen LogP contribution < -0.4 is 4.74 Å². The number of rotatable bonds is 6. The molecule has 2 rings (SSSR count). The molecule has 0 fully saturated rings. The van der Waals surface area contributed by atoms with Crippen LogP contribution in [0.3, 0.4) is 0 Å². The van der Waals surface area contributed by atoms with E-state index in [0.717, 1.165) is 4.68 Å². The van der Waals surface area contributed by atoms with Crippen LogP contribution in [-0.2, 0) is 11.4 Å². The molecule has 0 amide bonds. The van der Waals surface area contributed by atoms with Crippen molar-refractivity contribution in [3.63, 3.8) is 0 Å². The zero-order valence-electron chi connectivity index (χ0n) is 11.1. The molecule has 0 saturated carbocycles. The van der Waals surface area contributed by atoms with Crippen LogP contribution in [0.25, 0.3) is 0 Å². The number of carboxylic acids is 2. The highest BCUT2D eigenvalue weighted by molar-refractivity contribution is 5.86. The second kappa shape index (κ2) is 6.04. The van der Waals surface area contributed by atoms with Gasteiger partial charge in [0.2, 0.25) is 0 Å². The Morgan fingerprint density at radius 3 is 2.52 bits per heavy atom. The second-order valence-electron chi connectivity index (χ2n) is 4.25. The summed E-state index contributed by atoms with van der Waals surface area (Å²) < 4.78 is 6.49. The van der Waals surface area contributed by atoms with Crippen LogP contribution >= 0.6 is 0 Å². The predicted molar refractivity (Wildman–Crippen MR) is 70.1 cm³/mol. The summed E-state index contributed by atoms with van der Waals surface area (Å²) in [4.78, 5) is 22.1.